The summed E-state index contributed by atoms with van der Waals surface area (Å²) in [5.41, 5.74) is 2.85. The van der Waals surface area contributed by atoms with E-state index in [0.29, 0.717) is 6.42 Å². The lowest BCUT2D eigenvalue weighted by Crippen LogP contribution is -2.03. The number of nitrogens with zero attached hydrogens (tertiary/aromatic N) is 1. The van der Waals surface area contributed by atoms with Gasteiger partial charge in [-0.2, -0.15) is 0 Å². The van der Waals surface area contributed by atoms with Crippen LogP contribution in [0.5, 0.6) is 0 Å². The third-order valence-corrected chi connectivity index (χ3v) is 4.83. The predicted molar refractivity (Wildman–Crippen MR) is 78.5 cm³/mol. The molecule has 0 fully saturated rings. The molecule has 2 nitrogen and oxygen atoms in total. The molecule has 0 atom stereocenters. The van der Waals surface area contributed by atoms with E-state index in [4.69, 9.17) is 0 Å². The molecule has 0 unspecified atom stereocenters. The number of carbonyl (C=O) groups is 1. The molecular formula is C14H14BrNOS. The molecule has 4 heteroatoms. The molecule has 0 spiro atoms. The Kier molecular flexibility index (Phi) is 3.97. The number of thiazole rings is 1. The Morgan fingerprint density at radius 2 is 2.06 bits per heavy atom. The van der Waals surface area contributed by atoms with Gasteiger partial charge in [-0.1, -0.05) is 22.0 Å². The van der Waals surface area contributed by atoms with Gasteiger partial charge in [-0.25, -0.2) is 4.98 Å². The van der Waals surface area contributed by atoms with Gasteiger partial charge in [0.1, 0.15) is 5.01 Å². The van der Waals surface area contributed by atoms with Crippen molar-refractivity contribution in [2.24, 2.45) is 0 Å². The maximum Gasteiger partial charge on any atom is 0.169 e. The molecule has 18 heavy (non-hydrogen) atoms. The van der Waals surface area contributed by atoms with Gasteiger partial charge in [0.15, 0.2) is 5.78 Å². The largest absolute Gasteiger partial charge is 0.294 e. The smallest absolute Gasteiger partial charge is 0.169 e. The van der Waals surface area contributed by atoms with Crippen LogP contribution in [0.3, 0.4) is 0 Å². The van der Waals surface area contributed by atoms with Crippen molar-refractivity contribution in [2.75, 3.05) is 0 Å². The fraction of sp³-hybridized carbons (Fsp3) is 0.286. The van der Waals surface area contributed by atoms with Crippen LogP contribution in [-0.4, -0.2) is 10.8 Å². The summed E-state index contributed by atoms with van der Waals surface area (Å²) in [5, 5.41) is 0.899. The molecule has 0 aliphatic heterocycles. The molecule has 2 aromatic rings. The number of hydrogen-bond donors (Lipinski definition) is 0. The van der Waals surface area contributed by atoms with Crippen LogP contribution in [0, 0.1) is 20.8 Å². The maximum atomic E-state index is 12.1. The summed E-state index contributed by atoms with van der Waals surface area (Å²) in [6.07, 6.45) is 0.389. The van der Waals surface area contributed by atoms with Gasteiger partial charge in [-0.15, -0.1) is 11.3 Å². The van der Waals surface area contributed by atoms with Crippen LogP contribution in [0.2, 0.25) is 0 Å². The number of benzene rings is 1. The molecule has 1 aromatic heterocycles. The maximum absolute atomic E-state index is 12.1. The van der Waals surface area contributed by atoms with Gasteiger partial charge in [-0.3, -0.25) is 4.79 Å². The molecule has 0 saturated heterocycles. The van der Waals surface area contributed by atoms with Gasteiger partial charge in [-0.05, 0) is 38.5 Å². The standard InChI is InChI=1S/C14H14BrNOS/c1-8-6-11(4-5-12(8)15)13(17)7-14-16-9(2)10(3)18-14/h4-6H,7H2,1-3H3. The summed E-state index contributed by atoms with van der Waals surface area (Å²) < 4.78 is 1.03. The molecule has 2 rings (SSSR count). The Balaban J connectivity index is 2.19. The Morgan fingerprint density at radius 1 is 1.33 bits per heavy atom. The highest BCUT2D eigenvalue weighted by molar-refractivity contribution is 9.10. The van der Waals surface area contributed by atoms with Gasteiger partial charge in [0.05, 0.1) is 12.1 Å². The van der Waals surface area contributed by atoms with Crippen molar-refractivity contribution in [3.8, 4) is 0 Å². The quantitative estimate of drug-likeness (QED) is 0.790. The molecule has 0 N–H and O–H groups in total. The highest BCUT2D eigenvalue weighted by Crippen LogP contribution is 2.21. The normalized spacial score (nSPS) is 10.7. The van der Waals surface area contributed by atoms with Crippen LogP contribution in [0.1, 0.15) is 31.5 Å². The highest BCUT2D eigenvalue weighted by atomic mass is 79.9. The molecule has 1 heterocycles. The number of rotatable bonds is 3. The first-order chi connectivity index (χ1) is 8.47. The number of hydrogen-bond acceptors (Lipinski definition) is 3. The summed E-state index contributed by atoms with van der Waals surface area (Å²) in [5.74, 6) is 0.124. The number of halogens is 1. The Hall–Kier alpha value is -1.00. The molecule has 0 aliphatic rings. The van der Waals surface area contributed by atoms with Crippen molar-refractivity contribution in [3.05, 3.63) is 49.4 Å². The molecule has 1 aromatic carbocycles. The van der Waals surface area contributed by atoms with Crippen molar-refractivity contribution >= 4 is 33.0 Å². The number of aryl methyl sites for hydroxylation is 3. The molecule has 0 radical (unpaired) electrons. The Bertz CT molecular complexity index is 584. The second kappa shape index (κ2) is 5.33. The van der Waals surface area contributed by atoms with Crippen molar-refractivity contribution in [2.45, 2.75) is 27.2 Å². The number of carbonyl (C=O) groups excluding carboxylic acids is 1. The van der Waals surface area contributed by atoms with Gasteiger partial charge >= 0.3 is 0 Å². The van der Waals surface area contributed by atoms with Crippen molar-refractivity contribution in [1.29, 1.82) is 0 Å². The molecule has 0 amide bonds. The summed E-state index contributed by atoms with van der Waals surface area (Å²) >= 11 is 5.04. The van der Waals surface area contributed by atoms with E-state index in [1.54, 1.807) is 11.3 Å². The first-order valence-corrected chi connectivity index (χ1v) is 7.30. The molecular weight excluding hydrogens is 310 g/mol. The summed E-state index contributed by atoms with van der Waals surface area (Å²) in [7, 11) is 0. The first kappa shape index (κ1) is 13.4. The fourth-order valence-electron chi connectivity index (χ4n) is 1.67. The lowest BCUT2D eigenvalue weighted by Gasteiger charge is -2.02. The van der Waals surface area contributed by atoms with Crippen LogP contribution in [-0.2, 0) is 6.42 Å². The van der Waals surface area contributed by atoms with Crippen LogP contribution in [0.25, 0.3) is 0 Å². The second-order valence-electron chi connectivity index (χ2n) is 4.31. The van der Waals surface area contributed by atoms with Crippen molar-refractivity contribution in [3.63, 3.8) is 0 Å². The first-order valence-electron chi connectivity index (χ1n) is 5.69. The Morgan fingerprint density at radius 3 is 2.61 bits per heavy atom. The summed E-state index contributed by atoms with van der Waals surface area (Å²) in [4.78, 5) is 17.7. The Labute approximate surface area is 119 Å². The third-order valence-electron chi connectivity index (χ3n) is 2.86. The fourth-order valence-corrected chi connectivity index (χ4v) is 2.85. The van der Waals surface area contributed by atoms with Crippen molar-refractivity contribution in [1.82, 2.24) is 4.98 Å². The minimum Gasteiger partial charge on any atom is -0.294 e. The molecule has 0 bridgehead atoms. The molecule has 94 valence electrons. The van der Waals surface area contributed by atoms with E-state index in [-0.39, 0.29) is 5.78 Å². The van der Waals surface area contributed by atoms with E-state index >= 15 is 0 Å². The van der Waals surface area contributed by atoms with Gasteiger partial charge < -0.3 is 0 Å². The van der Waals surface area contributed by atoms with E-state index in [9.17, 15) is 4.79 Å². The summed E-state index contributed by atoms with van der Waals surface area (Å²) in [6, 6.07) is 5.69. The minimum atomic E-state index is 0.124. The lowest BCUT2D eigenvalue weighted by atomic mass is 10.1. The van der Waals surface area contributed by atoms with Crippen LogP contribution >= 0.6 is 27.3 Å². The monoisotopic (exact) mass is 323 g/mol. The highest BCUT2D eigenvalue weighted by Gasteiger charge is 2.12. The molecule has 0 saturated carbocycles. The lowest BCUT2D eigenvalue weighted by molar-refractivity contribution is 0.0993. The van der Waals surface area contributed by atoms with Crippen LogP contribution < -0.4 is 0 Å². The average Bonchev–Trinajstić information content (AvgIpc) is 2.61. The number of Topliss-reactive ketones (excluding diaryl/α,β-unsaturated/α-hetero) is 1. The second-order valence-corrected chi connectivity index (χ2v) is 6.46. The minimum absolute atomic E-state index is 0.124. The van der Waals surface area contributed by atoms with E-state index < -0.39 is 0 Å². The third kappa shape index (κ3) is 2.87. The van der Waals surface area contributed by atoms with Gasteiger partial charge in [0.25, 0.3) is 0 Å². The van der Waals surface area contributed by atoms with E-state index in [1.807, 2.05) is 39.0 Å². The molecule has 0 aliphatic carbocycles. The SMILES string of the molecule is Cc1cc(C(=O)Cc2nc(C)c(C)s2)ccc1Br. The van der Waals surface area contributed by atoms with E-state index in [1.165, 1.54) is 4.88 Å². The van der Waals surface area contributed by atoms with E-state index in [2.05, 4.69) is 20.9 Å². The predicted octanol–water partition coefficient (Wildman–Crippen LogP) is 4.26. The van der Waals surface area contributed by atoms with Gasteiger partial charge in [0.2, 0.25) is 0 Å². The number of aromatic nitrogens is 1. The van der Waals surface area contributed by atoms with Gasteiger partial charge in [0, 0.05) is 14.9 Å². The number of ketones is 1. The van der Waals surface area contributed by atoms with Crippen molar-refractivity contribution < 1.29 is 4.79 Å². The zero-order valence-corrected chi connectivity index (χ0v) is 13.0. The zero-order valence-electron chi connectivity index (χ0n) is 10.6. The zero-order chi connectivity index (χ0) is 13.3. The topological polar surface area (TPSA) is 30.0 Å². The summed E-state index contributed by atoms with van der Waals surface area (Å²) in [6.45, 7) is 5.99. The van der Waals surface area contributed by atoms with Crippen LogP contribution in [0.4, 0.5) is 0 Å². The van der Waals surface area contributed by atoms with E-state index in [0.717, 1.165) is 26.3 Å². The van der Waals surface area contributed by atoms with Crippen LogP contribution in [0.15, 0.2) is 22.7 Å². The average molecular weight is 324 g/mol.